The Hall–Kier alpha value is -1.64. The molecule has 3 heteroatoms. The maximum atomic E-state index is 11.5. The lowest BCUT2D eigenvalue weighted by atomic mass is 10.1. The van der Waals surface area contributed by atoms with Crippen molar-refractivity contribution in [2.45, 2.75) is 19.8 Å². The van der Waals surface area contributed by atoms with Gasteiger partial charge in [0, 0.05) is 18.2 Å². The summed E-state index contributed by atoms with van der Waals surface area (Å²) in [5.41, 5.74) is 0.573. The summed E-state index contributed by atoms with van der Waals surface area (Å²) in [6.45, 7) is 6.19. The van der Waals surface area contributed by atoms with Gasteiger partial charge in [0.1, 0.15) is 5.75 Å². The normalized spacial score (nSPS) is 9.67. The Balaban J connectivity index is 2.73. The second-order valence-electron chi connectivity index (χ2n) is 3.17. The average molecular weight is 205 g/mol. The molecule has 80 valence electrons. The van der Waals surface area contributed by atoms with Crippen molar-refractivity contribution in [2.24, 2.45) is 0 Å². The third kappa shape index (κ3) is 3.54. The molecule has 0 spiro atoms. The fraction of sp³-hybridized carbons (Fsp3) is 0.333. The van der Waals surface area contributed by atoms with Gasteiger partial charge in [-0.25, -0.2) is 0 Å². The molecule has 0 saturated heterocycles. The fourth-order valence-corrected chi connectivity index (χ4v) is 1.12. The van der Waals surface area contributed by atoms with Crippen molar-refractivity contribution >= 4 is 5.78 Å². The first-order chi connectivity index (χ1) is 7.27. The van der Waals surface area contributed by atoms with Crippen molar-refractivity contribution in [3.8, 4) is 5.75 Å². The molecule has 0 aromatic carbocycles. The lowest BCUT2D eigenvalue weighted by Gasteiger charge is -2.04. The molecule has 0 unspecified atom stereocenters. The Morgan fingerprint density at radius 3 is 3.07 bits per heavy atom. The van der Waals surface area contributed by atoms with Crippen LogP contribution in [0.5, 0.6) is 5.75 Å². The van der Waals surface area contributed by atoms with Crippen LogP contribution in [-0.4, -0.2) is 17.4 Å². The van der Waals surface area contributed by atoms with Crippen molar-refractivity contribution in [1.82, 2.24) is 4.98 Å². The van der Waals surface area contributed by atoms with E-state index in [1.165, 1.54) is 0 Å². The van der Waals surface area contributed by atoms with Gasteiger partial charge in [-0.05, 0) is 12.5 Å². The first-order valence-electron chi connectivity index (χ1n) is 5.00. The molecule has 1 rings (SSSR count). The van der Waals surface area contributed by atoms with Gasteiger partial charge in [0.05, 0.1) is 12.8 Å². The number of Topliss-reactive ketones (excluding diaryl/α,β-unsaturated/α-hetero) is 1. The Labute approximate surface area is 89.8 Å². The fourth-order valence-electron chi connectivity index (χ4n) is 1.12. The molecule has 0 bridgehead atoms. The first kappa shape index (κ1) is 11.4. The Morgan fingerprint density at radius 1 is 1.60 bits per heavy atom. The molecule has 1 heterocycles. The largest absolute Gasteiger partial charge is 0.492 e. The van der Waals surface area contributed by atoms with Gasteiger partial charge in [0.15, 0.2) is 5.78 Å². The van der Waals surface area contributed by atoms with E-state index in [0.29, 0.717) is 24.3 Å². The number of hydrogen-bond acceptors (Lipinski definition) is 3. The second kappa shape index (κ2) is 5.96. The predicted molar refractivity (Wildman–Crippen MR) is 59.2 cm³/mol. The monoisotopic (exact) mass is 205 g/mol. The van der Waals surface area contributed by atoms with Gasteiger partial charge in [0.25, 0.3) is 0 Å². The smallest absolute Gasteiger partial charge is 0.168 e. The van der Waals surface area contributed by atoms with E-state index >= 15 is 0 Å². The second-order valence-corrected chi connectivity index (χ2v) is 3.17. The topological polar surface area (TPSA) is 39.2 Å². The summed E-state index contributed by atoms with van der Waals surface area (Å²) in [4.78, 5) is 15.5. The predicted octanol–water partition coefficient (Wildman–Crippen LogP) is 2.63. The third-order valence-corrected chi connectivity index (χ3v) is 1.84. The van der Waals surface area contributed by atoms with Crippen LogP contribution in [0.15, 0.2) is 31.1 Å². The number of carbonyl (C=O) groups excluding carboxylic acids is 1. The maximum Gasteiger partial charge on any atom is 0.168 e. The zero-order valence-electron chi connectivity index (χ0n) is 8.90. The minimum absolute atomic E-state index is 0.0134. The molecule has 0 saturated carbocycles. The van der Waals surface area contributed by atoms with Gasteiger partial charge in [-0.3, -0.25) is 9.78 Å². The summed E-state index contributed by atoms with van der Waals surface area (Å²) < 4.78 is 5.38. The maximum absolute atomic E-state index is 11.5. The zero-order chi connectivity index (χ0) is 11.1. The summed E-state index contributed by atoms with van der Waals surface area (Å²) in [5, 5.41) is 0. The Kier molecular flexibility index (Phi) is 4.54. The highest BCUT2D eigenvalue weighted by Crippen LogP contribution is 2.13. The van der Waals surface area contributed by atoms with E-state index in [1.807, 2.05) is 6.92 Å². The van der Waals surface area contributed by atoms with Crippen LogP contribution in [0.4, 0.5) is 0 Å². The van der Waals surface area contributed by atoms with Gasteiger partial charge in [-0.15, -0.1) is 6.58 Å². The van der Waals surface area contributed by atoms with Crippen molar-refractivity contribution in [3.63, 3.8) is 0 Å². The van der Waals surface area contributed by atoms with E-state index in [0.717, 1.165) is 6.42 Å². The van der Waals surface area contributed by atoms with Gasteiger partial charge in [0.2, 0.25) is 0 Å². The summed E-state index contributed by atoms with van der Waals surface area (Å²) in [6, 6.07) is 1.72. The van der Waals surface area contributed by atoms with E-state index in [9.17, 15) is 4.79 Å². The summed E-state index contributed by atoms with van der Waals surface area (Å²) in [5.74, 6) is 0.659. The number of nitrogens with zero attached hydrogens (tertiary/aromatic N) is 1. The van der Waals surface area contributed by atoms with E-state index in [2.05, 4.69) is 11.6 Å². The van der Waals surface area contributed by atoms with Crippen molar-refractivity contribution in [1.29, 1.82) is 0 Å². The number of hydrogen-bond donors (Lipinski definition) is 0. The minimum Gasteiger partial charge on any atom is -0.492 e. The molecule has 0 fully saturated rings. The summed E-state index contributed by atoms with van der Waals surface area (Å²) >= 11 is 0. The molecular weight excluding hydrogens is 190 g/mol. The van der Waals surface area contributed by atoms with Crippen LogP contribution in [-0.2, 0) is 0 Å². The number of ether oxygens (including phenoxy) is 1. The summed E-state index contributed by atoms with van der Waals surface area (Å²) in [7, 11) is 0. The molecule has 15 heavy (non-hydrogen) atoms. The molecule has 0 aliphatic heterocycles. The van der Waals surface area contributed by atoms with Crippen LogP contribution < -0.4 is 4.74 Å². The highest BCUT2D eigenvalue weighted by Gasteiger charge is 2.05. The van der Waals surface area contributed by atoms with Crippen molar-refractivity contribution in [3.05, 3.63) is 36.7 Å². The van der Waals surface area contributed by atoms with Gasteiger partial charge < -0.3 is 4.74 Å². The SMILES string of the molecule is C=CCC(=O)c1cncc(OCCC)c1. The third-order valence-electron chi connectivity index (χ3n) is 1.84. The van der Waals surface area contributed by atoms with Crippen LogP contribution in [0.3, 0.4) is 0 Å². The standard InChI is InChI=1S/C12H15NO2/c1-3-5-12(14)10-7-11(9-13-8-10)15-6-4-2/h3,7-9H,1,4-6H2,2H3. The first-order valence-corrected chi connectivity index (χ1v) is 5.00. The lowest BCUT2D eigenvalue weighted by Crippen LogP contribution is -2.00. The van der Waals surface area contributed by atoms with Crippen LogP contribution in [0.2, 0.25) is 0 Å². The highest BCUT2D eigenvalue weighted by molar-refractivity contribution is 5.96. The van der Waals surface area contributed by atoms with Crippen LogP contribution in [0.1, 0.15) is 30.1 Å². The number of ketones is 1. The zero-order valence-corrected chi connectivity index (χ0v) is 8.90. The molecule has 0 N–H and O–H groups in total. The summed E-state index contributed by atoms with van der Waals surface area (Å²) in [6.07, 6.45) is 6.01. The lowest BCUT2D eigenvalue weighted by molar-refractivity contribution is 0.0995. The molecule has 0 aliphatic carbocycles. The molecule has 3 nitrogen and oxygen atoms in total. The van der Waals surface area contributed by atoms with Gasteiger partial charge in [-0.1, -0.05) is 13.0 Å². The van der Waals surface area contributed by atoms with Crippen molar-refractivity contribution in [2.75, 3.05) is 6.61 Å². The molecule has 1 aromatic rings. The van der Waals surface area contributed by atoms with E-state index < -0.39 is 0 Å². The number of carbonyl (C=O) groups is 1. The molecule has 0 amide bonds. The number of rotatable bonds is 6. The number of allylic oxidation sites excluding steroid dienone is 1. The molecule has 0 aliphatic rings. The van der Waals surface area contributed by atoms with Gasteiger partial charge in [-0.2, -0.15) is 0 Å². The Morgan fingerprint density at radius 2 is 2.40 bits per heavy atom. The highest BCUT2D eigenvalue weighted by atomic mass is 16.5. The minimum atomic E-state index is 0.0134. The van der Waals surface area contributed by atoms with Gasteiger partial charge >= 0.3 is 0 Å². The number of pyridine rings is 1. The number of aromatic nitrogens is 1. The quantitative estimate of drug-likeness (QED) is 0.529. The van der Waals surface area contributed by atoms with Crippen molar-refractivity contribution < 1.29 is 9.53 Å². The van der Waals surface area contributed by atoms with E-state index in [-0.39, 0.29) is 5.78 Å². The van der Waals surface area contributed by atoms with Crippen LogP contribution >= 0.6 is 0 Å². The van der Waals surface area contributed by atoms with E-state index in [4.69, 9.17) is 4.74 Å². The molecule has 1 aromatic heterocycles. The Bertz CT molecular complexity index is 347. The van der Waals surface area contributed by atoms with Crippen LogP contribution in [0.25, 0.3) is 0 Å². The molecule has 0 atom stereocenters. The van der Waals surface area contributed by atoms with E-state index in [1.54, 1.807) is 24.5 Å². The molecule has 0 radical (unpaired) electrons. The molecular formula is C12H15NO2. The average Bonchev–Trinajstić information content (AvgIpc) is 2.27. The van der Waals surface area contributed by atoms with Crippen LogP contribution in [0, 0.1) is 0 Å².